The molecule has 1 aromatic carbocycles. The van der Waals surface area contributed by atoms with E-state index in [4.69, 9.17) is 0 Å². The van der Waals surface area contributed by atoms with Gasteiger partial charge in [-0.05, 0) is 62.4 Å². The molecule has 1 aliphatic carbocycles. The van der Waals surface area contributed by atoms with Gasteiger partial charge in [-0.3, -0.25) is 5.32 Å². The van der Waals surface area contributed by atoms with Gasteiger partial charge in [0, 0.05) is 35.6 Å². The van der Waals surface area contributed by atoms with Gasteiger partial charge in [-0.15, -0.1) is 0 Å². The second-order valence-corrected chi connectivity index (χ2v) is 8.51. The number of halogens is 2. The Labute approximate surface area is 179 Å². The monoisotopic (exact) mass is 428 g/mol. The summed E-state index contributed by atoms with van der Waals surface area (Å²) in [5, 5.41) is 28.3. The van der Waals surface area contributed by atoms with E-state index in [0.29, 0.717) is 11.1 Å². The number of pyridine rings is 1. The molecule has 8 heteroatoms. The molecular weight excluding hydrogens is 402 g/mol. The van der Waals surface area contributed by atoms with Gasteiger partial charge in [0.05, 0.1) is 23.9 Å². The van der Waals surface area contributed by atoms with E-state index in [9.17, 15) is 19.0 Å². The number of hydrogen-bond acceptors (Lipinski definition) is 5. The highest BCUT2D eigenvalue weighted by Gasteiger charge is 2.30. The predicted molar refractivity (Wildman–Crippen MR) is 113 cm³/mol. The number of nitrogens with one attached hydrogen (secondary N) is 1. The minimum Gasteiger partial charge on any atom is -0.392 e. The predicted octanol–water partition coefficient (Wildman–Crippen LogP) is 3.45. The number of fused-ring (bicyclic) bond motifs is 1. The summed E-state index contributed by atoms with van der Waals surface area (Å²) in [5.41, 5.74) is 2.58. The van der Waals surface area contributed by atoms with Crippen LogP contribution in [0.4, 0.5) is 14.5 Å². The summed E-state index contributed by atoms with van der Waals surface area (Å²) in [6.07, 6.45) is 6.10. The van der Waals surface area contributed by atoms with Crippen molar-refractivity contribution in [2.75, 3.05) is 11.4 Å². The Morgan fingerprint density at radius 1 is 1.10 bits per heavy atom. The molecule has 31 heavy (non-hydrogen) atoms. The van der Waals surface area contributed by atoms with Gasteiger partial charge in [0.2, 0.25) is 0 Å². The number of aliphatic hydroxyl groups is 2. The molecule has 1 aliphatic heterocycles. The largest absolute Gasteiger partial charge is 0.392 e. The SMILES string of the molecule is OC(N[C@@H]1CCC[C@H]1O)c1cnn2ccc(N3CCC[C@@H]3c3cc(F)ccc3F)cc12. The van der Waals surface area contributed by atoms with Gasteiger partial charge in [0.15, 0.2) is 0 Å². The molecule has 2 fully saturated rings. The molecule has 0 amide bonds. The lowest BCUT2D eigenvalue weighted by atomic mass is 10.0. The summed E-state index contributed by atoms with van der Waals surface area (Å²) in [7, 11) is 0. The molecule has 164 valence electrons. The number of benzene rings is 1. The molecule has 6 nitrogen and oxygen atoms in total. The first-order valence-electron chi connectivity index (χ1n) is 10.8. The van der Waals surface area contributed by atoms with Crippen molar-refractivity contribution in [1.29, 1.82) is 0 Å². The highest BCUT2D eigenvalue weighted by Crippen LogP contribution is 2.38. The third kappa shape index (κ3) is 3.79. The van der Waals surface area contributed by atoms with Crippen molar-refractivity contribution < 1.29 is 19.0 Å². The van der Waals surface area contributed by atoms with Crippen LogP contribution in [0, 0.1) is 11.6 Å². The molecule has 0 spiro atoms. The molecule has 2 aromatic heterocycles. The minimum absolute atomic E-state index is 0.146. The van der Waals surface area contributed by atoms with E-state index >= 15 is 0 Å². The van der Waals surface area contributed by atoms with Crippen molar-refractivity contribution in [2.45, 2.75) is 56.5 Å². The zero-order valence-corrected chi connectivity index (χ0v) is 17.1. The Hall–Kier alpha value is -2.55. The van der Waals surface area contributed by atoms with E-state index in [-0.39, 0.29) is 12.1 Å². The van der Waals surface area contributed by atoms with Gasteiger partial charge in [-0.25, -0.2) is 13.3 Å². The van der Waals surface area contributed by atoms with Crippen molar-refractivity contribution in [3.63, 3.8) is 0 Å². The zero-order chi connectivity index (χ0) is 21.5. The number of aliphatic hydroxyl groups excluding tert-OH is 2. The van der Waals surface area contributed by atoms with E-state index in [0.717, 1.165) is 55.9 Å². The molecule has 5 rings (SSSR count). The van der Waals surface area contributed by atoms with Crippen LogP contribution < -0.4 is 10.2 Å². The van der Waals surface area contributed by atoms with Gasteiger partial charge < -0.3 is 15.1 Å². The average Bonchev–Trinajstić information content (AvgIpc) is 3.49. The van der Waals surface area contributed by atoms with Crippen LogP contribution in [0.25, 0.3) is 5.52 Å². The quantitative estimate of drug-likeness (QED) is 0.543. The molecule has 1 saturated carbocycles. The van der Waals surface area contributed by atoms with Crippen molar-refractivity contribution in [3.8, 4) is 0 Å². The highest BCUT2D eigenvalue weighted by molar-refractivity contribution is 5.64. The van der Waals surface area contributed by atoms with Crippen LogP contribution in [-0.4, -0.2) is 38.5 Å². The number of hydrogen-bond donors (Lipinski definition) is 3. The average molecular weight is 428 g/mol. The summed E-state index contributed by atoms with van der Waals surface area (Å²) in [4.78, 5) is 2.08. The van der Waals surface area contributed by atoms with Crippen molar-refractivity contribution >= 4 is 11.2 Å². The second-order valence-electron chi connectivity index (χ2n) is 8.51. The first-order chi connectivity index (χ1) is 15.0. The van der Waals surface area contributed by atoms with E-state index in [1.807, 2.05) is 18.3 Å². The van der Waals surface area contributed by atoms with Crippen LogP contribution >= 0.6 is 0 Å². The number of anilines is 1. The van der Waals surface area contributed by atoms with E-state index in [2.05, 4.69) is 15.3 Å². The highest BCUT2D eigenvalue weighted by atomic mass is 19.1. The topological polar surface area (TPSA) is 73.0 Å². The molecule has 4 atom stereocenters. The van der Waals surface area contributed by atoms with Gasteiger partial charge >= 0.3 is 0 Å². The molecule has 0 radical (unpaired) electrons. The summed E-state index contributed by atoms with van der Waals surface area (Å²) in [5.74, 6) is -0.848. The van der Waals surface area contributed by atoms with Gasteiger partial charge in [-0.2, -0.15) is 5.10 Å². The summed E-state index contributed by atoms with van der Waals surface area (Å²) in [6, 6.07) is 7.03. The Balaban J connectivity index is 1.45. The van der Waals surface area contributed by atoms with Crippen LogP contribution in [0.15, 0.2) is 42.7 Å². The summed E-state index contributed by atoms with van der Waals surface area (Å²) in [6.45, 7) is 0.731. The first-order valence-corrected chi connectivity index (χ1v) is 10.8. The van der Waals surface area contributed by atoms with Gasteiger partial charge in [0.25, 0.3) is 0 Å². The molecule has 0 bridgehead atoms. The maximum atomic E-state index is 14.4. The fourth-order valence-corrected chi connectivity index (χ4v) is 4.97. The Morgan fingerprint density at radius 3 is 2.77 bits per heavy atom. The van der Waals surface area contributed by atoms with Crippen LogP contribution in [0.1, 0.15) is 55.5 Å². The third-order valence-corrected chi connectivity index (χ3v) is 6.58. The minimum atomic E-state index is -0.958. The smallest absolute Gasteiger partial charge is 0.135 e. The Morgan fingerprint density at radius 2 is 1.97 bits per heavy atom. The lowest BCUT2D eigenvalue weighted by Gasteiger charge is -2.28. The molecule has 2 aliphatic rings. The molecular formula is C23H26F2N4O2. The fourth-order valence-electron chi connectivity index (χ4n) is 4.97. The van der Waals surface area contributed by atoms with Crippen LogP contribution in [0.2, 0.25) is 0 Å². The standard InChI is InChI=1S/C23H26F2N4O2/c24-14-6-7-18(25)16(11-14)20-4-2-9-28(20)15-8-10-29-21(12-15)17(13-26-29)23(31)27-19-3-1-5-22(19)30/h6-8,10-13,19-20,22-23,27,30-31H,1-5,9H2/t19-,20-,22-,23?/m1/s1. The van der Waals surface area contributed by atoms with Crippen molar-refractivity contribution in [2.24, 2.45) is 0 Å². The lowest BCUT2D eigenvalue weighted by molar-refractivity contribution is 0.0797. The molecule has 1 saturated heterocycles. The Kier molecular flexibility index (Phi) is 5.37. The number of rotatable bonds is 5. The first kappa shape index (κ1) is 20.4. The van der Waals surface area contributed by atoms with Gasteiger partial charge in [0.1, 0.15) is 17.9 Å². The third-order valence-electron chi connectivity index (χ3n) is 6.58. The van der Waals surface area contributed by atoms with Gasteiger partial charge in [-0.1, -0.05) is 0 Å². The molecule has 3 N–H and O–H groups in total. The van der Waals surface area contributed by atoms with E-state index in [1.54, 1.807) is 10.7 Å². The molecule has 1 unspecified atom stereocenters. The molecule has 3 aromatic rings. The van der Waals surface area contributed by atoms with Crippen LogP contribution in [0.3, 0.4) is 0 Å². The normalized spacial score (nSPS) is 24.9. The summed E-state index contributed by atoms with van der Waals surface area (Å²) >= 11 is 0. The lowest BCUT2D eigenvalue weighted by Crippen LogP contribution is -2.38. The van der Waals surface area contributed by atoms with Crippen molar-refractivity contribution in [1.82, 2.24) is 14.9 Å². The number of aromatic nitrogens is 2. The van der Waals surface area contributed by atoms with Crippen LogP contribution in [0.5, 0.6) is 0 Å². The fraction of sp³-hybridized carbons (Fsp3) is 0.435. The zero-order valence-electron chi connectivity index (χ0n) is 17.1. The van der Waals surface area contributed by atoms with Crippen molar-refractivity contribution in [3.05, 3.63) is 65.5 Å². The Bertz CT molecular complexity index is 1090. The second kappa shape index (κ2) is 8.18. The maximum Gasteiger partial charge on any atom is 0.135 e. The van der Waals surface area contributed by atoms with E-state index in [1.165, 1.54) is 12.1 Å². The number of nitrogens with zero attached hydrogens (tertiary/aromatic N) is 3. The summed E-state index contributed by atoms with van der Waals surface area (Å²) < 4.78 is 29.9. The van der Waals surface area contributed by atoms with E-state index < -0.39 is 24.0 Å². The van der Waals surface area contributed by atoms with Crippen LogP contribution in [-0.2, 0) is 0 Å². The maximum absolute atomic E-state index is 14.4. The molecule has 3 heterocycles.